The number of anilines is 1. The second-order valence-electron chi connectivity index (χ2n) is 6.44. The smallest absolute Gasteiger partial charge is 0.270 e. The first-order valence-corrected chi connectivity index (χ1v) is 8.47. The molecule has 0 aliphatic heterocycles. The number of fused-ring (bicyclic) bond motifs is 1. The number of amides is 1. The van der Waals surface area contributed by atoms with Crippen molar-refractivity contribution < 1.29 is 9.53 Å². The van der Waals surface area contributed by atoms with Crippen molar-refractivity contribution in [1.82, 2.24) is 25.2 Å². The van der Waals surface area contributed by atoms with E-state index in [4.69, 9.17) is 9.72 Å². The minimum Gasteiger partial charge on any atom is -0.495 e. The summed E-state index contributed by atoms with van der Waals surface area (Å²) >= 11 is 0. The number of aryl methyl sites for hydroxylation is 2. The van der Waals surface area contributed by atoms with Crippen LogP contribution in [0.3, 0.4) is 0 Å². The number of hydrogen-bond donors (Lipinski definition) is 2. The highest BCUT2D eigenvalue weighted by molar-refractivity contribution is 6.06. The number of rotatable bonds is 5. The normalized spacial score (nSPS) is 13.7. The van der Waals surface area contributed by atoms with Crippen molar-refractivity contribution in [2.45, 2.75) is 25.7 Å². The summed E-state index contributed by atoms with van der Waals surface area (Å²) in [4.78, 5) is 21.7. The molecule has 0 bridgehead atoms. The number of nitrogens with one attached hydrogen (secondary N) is 2. The number of ether oxygens (including phenoxy) is 1. The summed E-state index contributed by atoms with van der Waals surface area (Å²) in [6.07, 6.45) is 3.81. The molecular formula is C18H20N6O2. The maximum Gasteiger partial charge on any atom is 0.270 e. The highest BCUT2D eigenvalue weighted by Crippen LogP contribution is 2.40. The van der Waals surface area contributed by atoms with Crippen LogP contribution in [-0.4, -0.2) is 32.8 Å². The molecule has 134 valence electrons. The van der Waals surface area contributed by atoms with Crippen LogP contribution in [0.4, 0.5) is 5.82 Å². The molecule has 8 nitrogen and oxygen atoms in total. The predicted molar refractivity (Wildman–Crippen MR) is 97.1 cm³/mol. The molecule has 0 radical (unpaired) electrons. The molecule has 3 heterocycles. The van der Waals surface area contributed by atoms with Crippen LogP contribution in [0.1, 0.15) is 40.5 Å². The number of nitrogens with zero attached hydrogens (tertiary/aromatic N) is 4. The van der Waals surface area contributed by atoms with Crippen molar-refractivity contribution in [3.8, 4) is 5.75 Å². The summed E-state index contributed by atoms with van der Waals surface area (Å²) in [7, 11) is 3.43. The first-order chi connectivity index (χ1) is 12.6. The van der Waals surface area contributed by atoms with Crippen LogP contribution in [-0.2, 0) is 7.05 Å². The largest absolute Gasteiger partial charge is 0.495 e. The zero-order chi connectivity index (χ0) is 18.3. The quantitative estimate of drug-likeness (QED) is 0.685. The molecule has 3 aromatic rings. The van der Waals surface area contributed by atoms with Crippen molar-refractivity contribution in [3.05, 3.63) is 41.3 Å². The molecule has 8 heteroatoms. The van der Waals surface area contributed by atoms with Gasteiger partial charge < -0.3 is 4.74 Å². The Morgan fingerprint density at radius 1 is 1.35 bits per heavy atom. The zero-order valence-electron chi connectivity index (χ0n) is 14.9. The number of hydrazine groups is 1. The average Bonchev–Trinajstić information content (AvgIpc) is 3.46. The van der Waals surface area contributed by atoms with Gasteiger partial charge in [-0.1, -0.05) is 0 Å². The Labute approximate surface area is 150 Å². The van der Waals surface area contributed by atoms with E-state index in [1.54, 1.807) is 30.1 Å². The van der Waals surface area contributed by atoms with Gasteiger partial charge in [0.05, 0.1) is 30.0 Å². The molecule has 1 aliphatic rings. The first-order valence-electron chi connectivity index (χ1n) is 8.47. The van der Waals surface area contributed by atoms with Crippen molar-refractivity contribution in [3.63, 3.8) is 0 Å². The minimum atomic E-state index is -0.243. The van der Waals surface area contributed by atoms with Gasteiger partial charge in [0.1, 0.15) is 11.6 Å². The second-order valence-corrected chi connectivity index (χ2v) is 6.44. The van der Waals surface area contributed by atoms with Gasteiger partial charge in [-0.15, -0.1) is 0 Å². The third-order valence-corrected chi connectivity index (χ3v) is 4.50. The van der Waals surface area contributed by atoms with Gasteiger partial charge in [-0.25, -0.2) is 9.97 Å². The Bertz CT molecular complexity index is 976. The molecule has 0 unspecified atom stereocenters. The van der Waals surface area contributed by atoms with E-state index in [1.165, 1.54) is 0 Å². The Hall–Kier alpha value is -3.16. The third-order valence-electron chi connectivity index (χ3n) is 4.50. The van der Waals surface area contributed by atoms with Crippen LogP contribution in [0.25, 0.3) is 11.0 Å². The van der Waals surface area contributed by atoms with Crippen LogP contribution in [0.5, 0.6) is 5.75 Å². The molecule has 1 aliphatic carbocycles. The molecule has 3 aromatic heterocycles. The molecule has 0 atom stereocenters. The average molecular weight is 352 g/mol. The first kappa shape index (κ1) is 16.3. The molecular weight excluding hydrogens is 332 g/mol. The molecule has 4 rings (SSSR count). The van der Waals surface area contributed by atoms with Crippen LogP contribution in [0.2, 0.25) is 0 Å². The van der Waals surface area contributed by atoms with E-state index < -0.39 is 0 Å². The maximum atomic E-state index is 12.8. The van der Waals surface area contributed by atoms with Gasteiger partial charge in [-0.05, 0) is 38.0 Å². The molecule has 1 fully saturated rings. The van der Waals surface area contributed by atoms with Gasteiger partial charge in [0.15, 0.2) is 5.65 Å². The predicted octanol–water partition coefficient (Wildman–Crippen LogP) is 2.31. The SMILES string of the molecule is COc1ccc(NNC(=O)c2cc(C3CC3)nc3c2c(C)nn3C)nc1. The van der Waals surface area contributed by atoms with E-state index in [9.17, 15) is 4.79 Å². The fourth-order valence-electron chi connectivity index (χ4n) is 2.99. The molecule has 0 saturated heterocycles. The summed E-state index contributed by atoms with van der Waals surface area (Å²) in [5.41, 5.74) is 8.59. The van der Waals surface area contributed by atoms with Crippen molar-refractivity contribution >= 4 is 22.8 Å². The summed E-state index contributed by atoms with van der Waals surface area (Å²) in [5.74, 6) is 1.37. The summed E-state index contributed by atoms with van der Waals surface area (Å²) in [6, 6.07) is 5.38. The Morgan fingerprint density at radius 2 is 2.15 bits per heavy atom. The fourth-order valence-corrected chi connectivity index (χ4v) is 2.99. The van der Waals surface area contributed by atoms with Crippen molar-refractivity contribution in [2.24, 2.45) is 7.05 Å². The Morgan fingerprint density at radius 3 is 2.81 bits per heavy atom. The Balaban J connectivity index is 1.62. The molecule has 1 amide bonds. The number of hydrogen-bond acceptors (Lipinski definition) is 6. The minimum absolute atomic E-state index is 0.243. The van der Waals surface area contributed by atoms with Crippen molar-refractivity contribution in [2.75, 3.05) is 12.5 Å². The van der Waals surface area contributed by atoms with Gasteiger partial charge in [-0.3, -0.25) is 20.3 Å². The van der Waals surface area contributed by atoms with E-state index in [1.807, 2.05) is 20.0 Å². The van der Waals surface area contributed by atoms with E-state index in [-0.39, 0.29) is 5.91 Å². The molecule has 2 N–H and O–H groups in total. The van der Waals surface area contributed by atoms with E-state index >= 15 is 0 Å². The molecule has 26 heavy (non-hydrogen) atoms. The number of pyridine rings is 2. The number of aromatic nitrogens is 4. The van der Waals surface area contributed by atoms with Gasteiger partial charge >= 0.3 is 0 Å². The molecule has 0 aromatic carbocycles. The molecule has 0 spiro atoms. The van der Waals surface area contributed by atoms with Crippen LogP contribution >= 0.6 is 0 Å². The lowest BCUT2D eigenvalue weighted by Crippen LogP contribution is -2.30. The number of methoxy groups -OCH3 is 1. The zero-order valence-corrected chi connectivity index (χ0v) is 14.9. The fraction of sp³-hybridized carbons (Fsp3) is 0.333. The summed E-state index contributed by atoms with van der Waals surface area (Å²) in [6.45, 7) is 1.88. The standard InChI is InChI=1S/C18H20N6O2/c1-10-16-13(8-14(11-4-5-11)20-17(16)24(2)23-10)18(25)22-21-15-7-6-12(26-3)9-19-15/h6-9,11H,4-5H2,1-3H3,(H,19,21)(H,22,25). The topological polar surface area (TPSA) is 94.0 Å². The third kappa shape index (κ3) is 2.94. The van der Waals surface area contributed by atoms with Gasteiger partial charge in [0, 0.05) is 18.7 Å². The van der Waals surface area contributed by atoms with E-state index in [2.05, 4.69) is 20.9 Å². The molecule has 1 saturated carbocycles. The van der Waals surface area contributed by atoms with Crippen LogP contribution < -0.4 is 15.6 Å². The lowest BCUT2D eigenvalue weighted by atomic mass is 10.1. The Kier molecular flexibility index (Phi) is 3.95. The van der Waals surface area contributed by atoms with Gasteiger partial charge in [0.25, 0.3) is 5.91 Å². The van der Waals surface area contributed by atoms with Crippen LogP contribution in [0, 0.1) is 6.92 Å². The van der Waals surface area contributed by atoms with E-state index in [0.717, 1.165) is 35.3 Å². The highest BCUT2D eigenvalue weighted by Gasteiger charge is 2.28. The second kappa shape index (κ2) is 6.29. The number of carbonyl (C=O) groups excluding carboxylic acids is 1. The van der Waals surface area contributed by atoms with Crippen molar-refractivity contribution in [1.29, 1.82) is 0 Å². The number of carbonyl (C=O) groups is 1. The lowest BCUT2D eigenvalue weighted by molar-refractivity contribution is 0.0964. The van der Waals surface area contributed by atoms with Gasteiger partial charge in [0.2, 0.25) is 0 Å². The van der Waals surface area contributed by atoms with Crippen LogP contribution in [0.15, 0.2) is 24.4 Å². The maximum absolute atomic E-state index is 12.8. The van der Waals surface area contributed by atoms with E-state index in [0.29, 0.717) is 23.0 Å². The summed E-state index contributed by atoms with van der Waals surface area (Å²) < 4.78 is 6.80. The highest BCUT2D eigenvalue weighted by atomic mass is 16.5. The lowest BCUT2D eigenvalue weighted by Gasteiger charge is -2.10. The van der Waals surface area contributed by atoms with Gasteiger partial charge in [-0.2, -0.15) is 5.10 Å². The summed E-state index contributed by atoms with van der Waals surface area (Å²) in [5, 5.41) is 5.20. The monoisotopic (exact) mass is 352 g/mol.